The van der Waals surface area contributed by atoms with Crippen LogP contribution in [0.1, 0.15) is 40.5 Å². The van der Waals surface area contributed by atoms with E-state index in [1.54, 1.807) is 7.11 Å². The molecule has 3 heteroatoms. The molecule has 1 aliphatic rings. The Bertz CT molecular complexity index is 143. The maximum atomic E-state index is 5.08. The zero-order chi connectivity index (χ0) is 12.4. The molecule has 0 aromatic rings. The summed E-state index contributed by atoms with van der Waals surface area (Å²) in [6, 6.07) is 1.35. The van der Waals surface area contributed by atoms with Crippen molar-refractivity contribution in [3.8, 4) is 0 Å². The van der Waals surface area contributed by atoms with Crippen molar-refractivity contribution in [1.29, 1.82) is 0 Å². The maximum Gasteiger partial charge on any atom is 0.0589 e. The van der Waals surface area contributed by atoms with Crippen LogP contribution in [0.3, 0.4) is 0 Å². The number of ether oxygens (including phenoxy) is 1. The van der Waals surface area contributed by atoms with Gasteiger partial charge in [0.05, 0.1) is 6.61 Å². The molecular formula is C13H30N2O. The standard InChI is InChI=1S/C11H24N2O.C2H6/c1-10(2)12-11-4-6-13(7-5-11)8-9-14-3;1-2/h10-12H,4-9H2,1-3H3;1-2H3. The first-order chi connectivity index (χ1) is 7.72. The van der Waals surface area contributed by atoms with Crippen LogP contribution in [0.15, 0.2) is 0 Å². The molecule has 1 saturated heterocycles. The van der Waals surface area contributed by atoms with Crippen molar-refractivity contribution >= 4 is 0 Å². The summed E-state index contributed by atoms with van der Waals surface area (Å²) in [6.45, 7) is 12.8. The molecule has 1 N–H and O–H groups in total. The summed E-state index contributed by atoms with van der Waals surface area (Å²) in [5.74, 6) is 0. The van der Waals surface area contributed by atoms with Gasteiger partial charge in [0, 0.05) is 25.7 Å². The maximum absolute atomic E-state index is 5.08. The molecule has 0 radical (unpaired) electrons. The molecule has 0 unspecified atom stereocenters. The fraction of sp³-hybridized carbons (Fsp3) is 1.00. The highest BCUT2D eigenvalue weighted by Gasteiger charge is 2.18. The number of piperidine rings is 1. The van der Waals surface area contributed by atoms with Gasteiger partial charge in [-0.1, -0.05) is 27.7 Å². The first-order valence-electron chi connectivity index (χ1n) is 6.69. The van der Waals surface area contributed by atoms with Gasteiger partial charge in [-0.2, -0.15) is 0 Å². The molecule has 98 valence electrons. The second kappa shape index (κ2) is 10.1. The van der Waals surface area contributed by atoms with Gasteiger partial charge in [-0.15, -0.1) is 0 Å². The normalized spacial score (nSPS) is 18.4. The van der Waals surface area contributed by atoms with E-state index in [1.807, 2.05) is 13.8 Å². The van der Waals surface area contributed by atoms with Crippen molar-refractivity contribution in [2.45, 2.75) is 52.6 Å². The molecule has 1 fully saturated rings. The van der Waals surface area contributed by atoms with Crippen molar-refractivity contribution in [3.63, 3.8) is 0 Å². The number of methoxy groups -OCH3 is 1. The first kappa shape index (κ1) is 15.9. The summed E-state index contributed by atoms with van der Waals surface area (Å²) in [4.78, 5) is 2.49. The van der Waals surface area contributed by atoms with E-state index in [0.29, 0.717) is 6.04 Å². The molecule has 16 heavy (non-hydrogen) atoms. The van der Waals surface area contributed by atoms with Crippen LogP contribution in [-0.4, -0.2) is 50.3 Å². The SMILES string of the molecule is CC.COCCN1CCC(NC(C)C)CC1. The van der Waals surface area contributed by atoms with Crippen LogP contribution in [0, 0.1) is 0 Å². The van der Waals surface area contributed by atoms with Gasteiger partial charge in [0.1, 0.15) is 0 Å². The van der Waals surface area contributed by atoms with Gasteiger partial charge in [0.2, 0.25) is 0 Å². The minimum Gasteiger partial charge on any atom is -0.383 e. The Morgan fingerprint density at radius 3 is 2.25 bits per heavy atom. The van der Waals surface area contributed by atoms with Crippen LogP contribution in [-0.2, 0) is 4.74 Å². The van der Waals surface area contributed by atoms with Crippen LogP contribution < -0.4 is 5.32 Å². The van der Waals surface area contributed by atoms with E-state index >= 15 is 0 Å². The molecule has 0 aromatic heterocycles. The second-order valence-electron chi connectivity index (χ2n) is 4.43. The highest BCUT2D eigenvalue weighted by Crippen LogP contribution is 2.10. The number of hydrogen-bond acceptors (Lipinski definition) is 3. The first-order valence-corrected chi connectivity index (χ1v) is 6.69. The van der Waals surface area contributed by atoms with Gasteiger partial charge < -0.3 is 15.0 Å². The quantitative estimate of drug-likeness (QED) is 0.783. The van der Waals surface area contributed by atoms with Gasteiger partial charge in [0.15, 0.2) is 0 Å². The lowest BCUT2D eigenvalue weighted by molar-refractivity contribution is 0.125. The molecule has 0 spiro atoms. The number of hydrogen-bond donors (Lipinski definition) is 1. The van der Waals surface area contributed by atoms with Gasteiger partial charge in [-0.25, -0.2) is 0 Å². The van der Waals surface area contributed by atoms with Crippen LogP contribution in [0.4, 0.5) is 0 Å². The molecule has 0 saturated carbocycles. The van der Waals surface area contributed by atoms with E-state index < -0.39 is 0 Å². The molecule has 1 aliphatic heterocycles. The van der Waals surface area contributed by atoms with Crippen molar-refractivity contribution in [2.24, 2.45) is 0 Å². The fourth-order valence-electron chi connectivity index (χ4n) is 2.02. The van der Waals surface area contributed by atoms with Crippen LogP contribution in [0.5, 0.6) is 0 Å². The average Bonchev–Trinajstić information content (AvgIpc) is 2.30. The Hall–Kier alpha value is -0.120. The smallest absolute Gasteiger partial charge is 0.0589 e. The topological polar surface area (TPSA) is 24.5 Å². The van der Waals surface area contributed by atoms with Gasteiger partial charge in [-0.3, -0.25) is 0 Å². The minimum atomic E-state index is 0.616. The Kier molecular flexibility index (Phi) is 9.99. The third-order valence-electron chi connectivity index (χ3n) is 2.77. The predicted octanol–water partition coefficient (Wildman–Crippen LogP) is 2.12. The summed E-state index contributed by atoms with van der Waals surface area (Å²) in [5.41, 5.74) is 0. The van der Waals surface area contributed by atoms with Gasteiger partial charge >= 0.3 is 0 Å². The Morgan fingerprint density at radius 1 is 1.25 bits per heavy atom. The van der Waals surface area contributed by atoms with Crippen LogP contribution in [0.25, 0.3) is 0 Å². The Labute approximate surface area is 102 Å². The number of nitrogens with zero attached hydrogens (tertiary/aromatic N) is 1. The lowest BCUT2D eigenvalue weighted by atomic mass is 10.0. The Morgan fingerprint density at radius 2 is 1.81 bits per heavy atom. The highest BCUT2D eigenvalue weighted by molar-refractivity contribution is 4.78. The molecule has 0 aliphatic carbocycles. The monoisotopic (exact) mass is 230 g/mol. The minimum absolute atomic E-state index is 0.616. The third-order valence-corrected chi connectivity index (χ3v) is 2.77. The lowest BCUT2D eigenvalue weighted by Gasteiger charge is -2.33. The van der Waals surface area contributed by atoms with E-state index in [-0.39, 0.29) is 0 Å². The molecular weight excluding hydrogens is 200 g/mol. The van der Waals surface area contributed by atoms with Crippen molar-refractivity contribution < 1.29 is 4.74 Å². The van der Waals surface area contributed by atoms with Crippen molar-refractivity contribution in [1.82, 2.24) is 10.2 Å². The van der Waals surface area contributed by atoms with E-state index in [2.05, 4.69) is 24.1 Å². The molecule has 0 bridgehead atoms. The third kappa shape index (κ3) is 7.20. The summed E-state index contributed by atoms with van der Waals surface area (Å²) in [7, 11) is 1.77. The average molecular weight is 230 g/mol. The number of nitrogens with one attached hydrogen (secondary N) is 1. The van der Waals surface area contributed by atoms with Crippen LogP contribution >= 0.6 is 0 Å². The van der Waals surface area contributed by atoms with Crippen molar-refractivity contribution in [2.75, 3.05) is 33.4 Å². The van der Waals surface area contributed by atoms with E-state index in [9.17, 15) is 0 Å². The summed E-state index contributed by atoms with van der Waals surface area (Å²) < 4.78 is 5.08. The zero-order valence-electron chi connectivity index (χ0n) is 11.8. The summed E-state index contributed by atoms with van der Waals surface area (Å²) >= 11 is 0. The number of likely N-dealkylation sites (tertiary alicyclic amines) is 1. The number of rotatable bonds is 5. The second-order valence-corrected chi connectivity index (χ2v) is 4.43. The summed E-state index contributed by atoms with van der Waals surface area (Å²) in [5, 5.41) is 3.60. The Balaban J connectivity index is 0.00000106. The van der Waals surface area contributed by atoms with E-state index in [1.165, 1.54) is 25.9 Å². The molecule has 0 atom stereocenters. The molecule has 3 nitrogen and oxygen atoms in total. The zero-order valence-corrected chi connectivity index (χ0v) is 11.8. The van der Waals surface area contributed by atoms with E-state index in [4.69, 9.17) is 4.74 Å². The molecule has 1 heterocycles. The van der Waals surface area contributed by atoms with Gasteiger partial charge in [0.25, 0.3) is 0 Å². The molecule has 0 aromatic carbocycles. The highest BCUT2D eigenvalue weighted by atomic mass is 16.5. The lowest BCUT2D eigenvalue weighted by Crippen LogP contribution is -2.45. The summed E-state index contributed by atoms with van der Waals surface area (Å²) in [6.07, 6.45) is 2.56. The van der Waals surface area contributed by atoms with Gasteiger partial charge in [-0.05, 0) is 25.9 Å². The molecule has 1 rings (SSSR count). The predicted molar refractivity (Wildman–Crippen MR) is 71.0 cm³/mol. The van der Waals surface area contributed by atoms with Crippen molar-refractivity contribution in [3.05, 3.63) is 0 Å². The van der Waals surface area contributed by atoms with Crippen LogP contribution in [0.2, 0.25) is 0 Å². The largest absolute Gasteiger partial charge is 0.383 e. The van der Waals surface area contributed by atoms with E-state index in [0.717, 1.165) is 19.2 Å². The molecule has 0 amide bonds. The fourth-order valence-corrected chi connectivity index (χ4v) is 2.02.